The molecule has 9 nitrogen and oxygen atoms in total. The van der Waals surface area contributed by atoms with Crippen LogP contribution in [0.5, 0.6) is 0 Å². The van der Waals surface area contributed by atoms with Crippen LogP contribution >= 0.6 is 0 Å². The van der Waals surface area contributed by atoms with E-state index in [2.05, 4.69) is 0 Å². The Bertz CT molecular complexity index is 1590. The van der Waals surface area contributed by atoms with Gasteiger partial charge in [-0.15, -0.1) is 0 Å². The summed E-state index contributed by atoms with van der Waals surface area (Å²) in [4.78, 5) is 60.5. The van der Waals surface area contributed by atoms with Crippen LogP contribution in [-0.2, 0) is 15.3 Å². The molecule has 9 heteroatoms. The second-order valence-corrected chi connectivity index (χ2v) is 9.02. The van der Waals surface area contributed by atoms with Gasteiger partial charge in [-0.25, -0.2) is 0 Å². The molecule has 2 aliphatic carbocycles. The number of furan rings is 2. The van der Waals surface area contributed by atoms with Crippen LogP contribution in [0.3, 0.4) is 0 Å². The molecule has 0 aliphatic heterocycles. The van der Waals surface area contributed by atoms with Gasteiger partial charge in [0.25, 0.3) is 0 Å². The molecule has 0 saturated heterocycles. The minimum Gasteiger partial charge on any atom is -0.451 e. The lowest BCUT2D eigenvalue weighted by molar-refractivity contribution is -0.212. The summed E-state index contributed by atoms with van der Waals surface area (Å²) in [5.41, 5.74) is 1.83. The lowest BCUT2D eigenvalue weighted by Gasteiger charge is -2.23. The molecule has 6 rings (SSSR count). The van der Waals surface area contributed by atoms with Crippen LogP contribution in [0, 0.1) is 0 Å². The SMILES string of the molecule is CC(=O)c1cc2c(o1)C(=O)c1ccccc1C2=O.COC(C)(OC)c1cc2c(o1)C(=O)c1ccccc1C2=O. The largest absolute Gasteiger partial charge is 0.451 e. The zero-order valence-electron chi connectivity index (χ0n) is 21.4. The van der Waals surface area contributed by atoms with Gasteiger partial charge in [-0.1, -0.05) is 48.5 Å². The van der Waals surface area contributed by atoms with Crippen LogP contribution in [0.15, 0.2) is 69.5 Å². The molecular formula is C30H22O9. The topological polar surface area (TPSA) is 130 Å². The third kappa shape index (κ3) is 4.08. The Labute approximate surface area is 222 Å². The molecule has 39 heavy (non-hydrogen) atoms. The summed E-state index contributed by atoms with van der Waals surface area (Å²) in [5.74, 6) is -2.31. The van der Waals surface area contributed by atoms with Crippen LogP contribution in [0.25, 0.3) is 0 Å². The number of ether oxygens (including phenoxy) is 2. The van der Waals surface area contributed by atoms with Crippen LogP contribution in [0.2, 0.25) is 0 Å². The fourth-order valence-electron chi connectivity index (χ4n) is 4.43. The Morgan fingerprint density at radius 2 is 1.05 bits per heavy atom. The average molecular weight is 526 g/mol. The van der Waals surface area contributed by atoms with E-state index in [0.29, 0.717) is 22.3 Å². The number of methoxy groups -OCH3 is 2. The molecular weight excluding hydrogens is 504 g/mol. The molecule has 2 heterocycles. The summed E-state index contributed by atoms with van der Waals surface area (Å²) >= 11 is 0. The molecule has 0 bridgehead atoms. The van der Waals surface area contributed by atoms with Crippen molar-refractivity contribution < 1.29 is 42.3 Å². The van der Waals surface area contributed by atoms with E-state index in [1.54, 1.807) is 55.5 Å². The quantitative estimate of drug-likeness (QED) is 0.235. The van der Waals surface area contributed by atoms with E-state index in [4.69, 9.17) is 18.3 Å². The zero-order valence-corrected chi connectivity index (χ0v) is 21.4. The van der Waals surface area contributed by atoms with Crippen molar-refractivity contribution in [3.8, 4) is 0 Å². The molecule has 0 unspecified atom stereocenters. The predicted molar refractivity (Wildman–Crippen MR) is 135 cm³/mol. The minimum atomic E-state index is -1.15. The lowest BCUT2D eigenvalue weighted by atomic mass is 9.88. The van der Waals surface area contributed by atoms with Crippen molar-refractivity contribution in [2.75, 3.05) is 14.2 Å². The third-order valence-electron chi connectivity index (χ3n) is 6.77. The van der Waals surface area contributed by atoms with Crippen molar-refractivity contribution in [3.05, 3.63) is 117 Å². The normalized spacial score (nSPS) is 13.6. The molecule has 0 spiro atoms. The number of hydrogen-bond donors (Lipinski definition) is 0. The van der Waals surface area contributed by atoms with Gasteiger partial charge in [0.2, 0.25) is 17.4 Å². The molecule has 2 aromatic heterocycles. The third-order valence-corrected chi connectivity index (χ3v) is 6.77. The number of carbonyl (C=O) groups is 5. The predicted octanol–water partition coefficient (Wildman–Crippen LogP) is 4.78. The monoisotopic (exact) mass is 526 g/mol. The highest BCUT2D eigenvalue weighted by molar-refractivity contribution is 6.28. The summed E-state index contributed by atoms with van der Waals surface area (Å²) < 4.78 is 21.3. The highest BCUT2D eigenvalue weighted by Crippen LogP contribution is 2.35. The van der Waals surface area contributed by atoms with E-state index in [-0.39, 0.29) is 63.1 Å². The lowest BCUT2D eigenvalue weighted by Crippen LogP contribution is -2.25. The summed E-state index contributed by atoms with van der Waals surface area (Å²) in [6.45, 7) is 2.98. The van der Waals surface area contributed by atoms with Gasteiger partial charge in [0.15, 0.2) is 40.4 Å². The Morgan fingerprint density at radius 1 is 0.641 bits per heavy atom. The standard InChI is InChI=1S/C16H14O5.C14H8O4/c1-16(19-2,20-3)12-8-11-13(17)9-6-4-5-7-10(9)14(18)15(11)21-12;1-7(15)11-6-10-12(16)8-4-2-3-5-9(8)13(17)14(10)18-11/h4-8H,1-3H3;2-6H,1H3. The van der Waals surface area contributed by atoms with Gasteiger partial charge in [0, 0.05) is 43.4 Å². The van der Waals surface area contributed by atoms with Gasteiger partial charge in [-0.05, 0) is 19.1 Å². The van der Waals surface area contributed by atoms with E-state index < -0.39 is 5.79 Å². The van der Waals surface area contributed by atoms with Crippen molar-refractivity contribution in [2.45, 2.75) is 19.6 Å². The maximum absolute atomic E-state index is 12.5. The molecule has 2 aromatic carbocycles. The first-order valence-corrected chi connectivity index (χ1v) is 11.9. The number of Topliss-reactive ketones (excluding diaryl/α,β-unsaturated/α-hetero) is 1. The van der Waals surface area contributed by atoms with Crippen LogP contribution < -0.4 is 0 Å². The Balaban J connectivity index is 0.000000160. The van der Waals surface area contributed by atoms with Crippen molar-refractivity contribution in [1.82, 2.24) is 0 Å². The second kappa shape index (κ2) is 9.54. The second-order valence-electron chi connectivity index (χ2n) is 9.02. The van der Waals surface area contributed by atoms with E-state index in [9.17, 15) is 24.0 Å². The number of fused-ring (bicyclic) bond motifs is 4. The minimum absolute atomic E-state index is 0.0361. The first-order chi connectivity index (χ1) is 18.6. The maximum Gasteiger partial charge on any atom is 0.229 e. The molecule has 0 amide bonds. The highest BCUT2D eigenvalue weighted by atomic mass is 16.7. The Morgan fingerprint density at radius 3 is 1.49 bits per heavy atom. The van der Waals surface area contributed by atoms with E-state index in [1.165, 1.54) is 33.3 Å². The number of ketones is 5. The van der Waals surface area contributed by atoms with E-state index in [1.807, 2.05) is 0 Å². The van der Waals surface area contributed by atoms with Crippen molar-refractivity contribution >= 4 is 28.9 Å². The van der Waals surface area contributed by atoms with E-state index in [0.717, 1.165) is 0 Å². The Kier molecular flexibility index (Phi) is 6.33. The van der Waals surface area contributed by atoms with Crippen molar-refractivity contribution in [2.24, 2.45) is 0 Å². The van der Waals surface area contributed by atoms with Gasteiger partial charge < -0.3 is 18.3 Å². The smallest absolute Gasteiger partial charge is 0.229 e. The summed E-state index contributed by atoms with van der Waals surface area (Å²) in [7, 11) is 2.92. The van der Waals surface area contributed by atoms with Gasteiger partial charge in [-0.3, -0.25) is 24.0 Å². The average Bonchev–Trinajstić information content (AvgIpc) is 3.62. The first-order valence-electron chi connectivity index (χ1n) is 11.9. The molecule has 0 atom stereocenters. The molecule has 2 aliphatic rings. The summed E-state index contributed by atoms with van der Waals surface area (Å²) in [6, 6.07) is 16.1. The van der Waals surface area contributed by atoms with Crippen molar-refractivity contribution in [3.63, 3.8) is 0 Å². The molecule has 196 valence electrons. The van der Waals surface area contributed by atoms with Gasteiger partial charge in [0.05, 0.1) is 11.1 Å². The first kappa shape index (κ1) is 25.9. The highest BCUT2D eigenvalue weighted by Gasteiger charge is 2.38. The van der Waals surface area contributed by atoms with Crippen LogP contribution in [0.4, 0.5) is 0 Å². The van der Waals surface area contributed by atoms with E-state index >= 15 is 0 Å². The van der Waals surface area contributed by atoms with Crippen LogP contribution in [-0.4, -0.2) is 43.1 Å². The number of carbonyl (C=O) groups excluding carboxylic acids is 5. The Hall–Kier alpha value is -4.73. The molecule has 0 fully saturated rings. The number of rotatable bonds is 4. The number of benzene rings is 2. The van der Waals surface area contributed by atoms with Crippen LogP contribution in [0.1, 0.15) is 94.2 Å². The fourth-order valence-corrected chi connectivity index (χ4v) is 4.43. The molecule has 0 saturated carbocycles. The van der Waals surface area contributed by atoms with Crippen molar-refractivity contribution in [1.29, 1.82) is 0 Å². The molecule has 4 aromatic rings. The summed E-state index contributed by atoms with van der Waals surface area (Å²) in [6.07, 6.45) is 0. The molecule has 0 N–H and O–H groups in total. The summed E-state index contributed by atoms with van der Waals surface area (Å²) in [5, 5.41) is 0. The van der Waals surface area contributed by atoms with Gasteiger partial charge in [0.1, 0.15) is 0 Å². The van der Waals surface area contributed by atoms with Gasteiger partial charge >= 0.3 is 0 Å². The maximum atomic E-state index is 12.5. The zero-order chi connectivity index (χ0) is 28.1. The van der Waals surface area contributed by atoms with Gasteiger partial charge in [-0.2, -0.15) is 0 Å². The fraction of sp³-hybridized carbons (Fsp3) is 0.167. The number of hydrogen-bond acceptors (Lipinski definition) is 9. The molecule has 0 radical (unpaired) electrons.